The molecule has 0 aliphatic carbocycles. The fraction of sp³-hybridized carbons (Fsp3) is 0.522. The second kappa shape index (κ2) is 10.4. The lowest BCUT2D eigenvalue weighted by atomic mass is 9.91. The number of pyridine rings is 2. The van der Waals surface area contributed by atoms with Gasteiger partial charge in [0.15, 0.2) is 0 Å². The molecule has 7 nitrogen and oxygen atoms in total. The van der Waals surface area contributed by atoms with E-state index in [1.807, 2.05) is 18.2 Å². The van der Waals surface area contributed by atoms with Gasteiger partial charge >= 0.3 is 0 Å². The third kappa shape index (κ3) is 5.93. The maximum Gasteiger partial charge on any atom is 0.229 e. The third-order valence-electron chi connectivity index (χ3n) is 5.99. The zero-order valence-corrected chi connectivity index (χ0v) is 18.6. The van der Waals surface area contributed by atoms with Crippen LogP contribution in [0.2, 0.25) is 5.02 Å². The lowest BCUT2D eigenvalue weighted by molar-refractivity contribution is -0.120. The monoisotopic (exact) mass is 443 g/mol. The van der Waals surface area contributed by atoms with Gasteiger partial charge in [-0.25, -0.2) is 9.97 Å². The first-order valence-corrected chi connectivity index (χ1v) is 11.4. The van der Waals surface area contributed by atoms with Crippen LogP contribution in [0.1, 0.15) is 26.2 Å². The van der Waals surface area contributed by atoms with Crippen LogP contribution in [0.4, 0.5) is 11.6 Å². The number of amides is 1. The molecule has 31 heavy (non-hydrogen) atoms. The quantitative estimate of drug-likeness (QED) is 0.629. The molecule has 2 aromatic heterocycles. The lowest BCUT2D eigenvalue weighted by Gasteiger charge is -2.26. The molecule has 8 heteroatoms. The number of hydrogen-bond acceptors (Lipinski definition) is 6. The zero-order valence-electron chi connectivity index (χ0n) is 17.9. The van der Waals surface area contributed by atoms with Gasteiger partial charge in [-0.05, 0) is 55.8 Å². The first-order chi connectivity index (χ1) is 15.1. The highest BCUT2D eigenvalue weighted by molar-refractivity contribution is 6.33. The molecule has 2 aromatic rings. The first kappa shape index (κ1) is 22.0. The van der Waals surface area contributed by atoms with E-state index in [1.165, 1.54) is 0 Å². The van der Waals surface area contributed by atoms with Crippen LogP contribution in [0.5, 0.6) is 0 Å². The predicted molar refractivity (Wildman–Crippen MR) is 123 cm³/mol. The zero-order chi connectivity index (χ0) is 21.6. The van der Waals surface area contributed by atoms with E-state index < -0.39 is 0 Å². The van der Waals surface area contributed by atoms with E-state index in [0.29, 0.717) is 29.2 Å². The van der Waals surface area contributed by atoms with Crippen LogP contribution in [0, 0.1) is 17.8 Å². The molecule has 3 N–H and O–H groups in total. The highest BCUT2D eigenvalue weighted by Gasteiger charge is 2.25. The molecule has 0 unspecified atom stereocenters. The summed E-state index contributed by atoms with van der Waals surface area (Å²) in [6, 6.07) is 7.63. The topological polar surface area (TPSA) is 88.2 Å². The molecule has 0 radical (unpaired) electrons. The summed E-state index contributed by atoms with van der Waals surface area (Å²) in [6.45, 7) is 6.34. The Morgan fingerprint density at radius 1 is 1.26 bits per heavy atom. The summed E-state index contributed by atoms with van der Waals surface area (Å²) in [6.07, 6.45) is 4.59. The Kier molecular flexibility index (Phi) is 7.37. The van der Waals surface area contributed by atoms with Gasteiger partial charge in [-0.3, -0.25) is 4.79 Å². The number of carbonyl (C=O) groups is 1. The van der Waals surface area contributed by atoms with Crippen molar-refractivity contribution < 1.29 is 9.53 Å². The van der Waals surface area contributed by atoms with Crippen molar-refractivity contribution in [2.24, 2.45) is 17.8 Å². The summed E-state index contributed by atoms with van der Waals surface area (Å²) in [4.78, 5) is 21.7. The van der Waals surface area contributed by atoms with Gasteiger partial charge in [0.2, 0.25) is 5.91 Å². The number of nitrogens with zero attached hydrogens (tertiary/aromatic N) is 2. The van der Waals surface area contributed by atoms with E-state index in [4.69, 9.17) is 21.3 Å². The van der Waals surface area contributed by atoms with Crippen molar-refractivity contribution in [2.75, 3.05) is 43.5 Å². The molecule has 2 aliphatic heterocycles. The first-order valence-electron chi connectivity index (χ1n) is 11.0. The minimum Gasteiger partial charge on any atom is -0.381 e. The minimum absolute atomic E-state index is 0.0142. The van der Waals surface area contributed by atoms with E-state index in [9.17, 15) is 4.79 Å². The van der Waals surface area contributed by atoms with Crippen LogP contribution in [0.15, 0.2) is 30.5 Å². The minimum atomic E-state index is -0.0551. The Morgan fingerprint density at radius 2 is 2.10 bits per heavy atom. The van der Waals surface area contributed by atoms with Gasteiger partial charge in [0, 0.05) is 38.1 Å². The molecule has 0 aromatic carbocycles. The number of nitrogens with one attached hydrogen (secondary N) is 3. The maximum atomic E-state index is 12.7. The number of piperidine rings is 1. The van der Waals surface area contributed by atoms with E-state index in [1.54, 1.807) is 12.3 Å². The summed E-state index contributed by atoms with van der Waals surface area (Å²) < 4.78 is 5.43. The van der Waals surface area contributed by atoms with Gasteiger partial charge in [0.05, 0.1) is 16.6 Å². The molecule has 4 rings (SSSR count). The van der Waals surface area contributed by atoms with Crippen LogP contribution < -0.4 is 16.0 Å². The van der Waals surface area contributed by atoms with Crippen molar-refractivity contribution in [3.63, 3.8) is 0 Å². The molecule has 2 fully saturated rings. The van der Waals surface area contributed by atoms with Gasteiger partial charge in [-0.1, -0.05) is 24.6 Å². The van der Waals surface area contributed by atoms with Gasteiger partial charge in [0.1, 0.15) is 11.6 Å². The summed E-state index contributed by atoms with van der Waals surface area (Å²) in [5.41, 5.74) is 1.49. The summed E-state index contributed by atoms with van der Waals surface area (Å²) in [7, 11) is 0. The smallest absolute Gasteiger partial charge is 0.229 e. The number of halogens is 1. The molecule has 2 saturated heterocycles. The second-order valence-electron chi connectivity index (χ2n) is 8.58. The molecule has 1 amide bonds. The van der Waals surface area contributed by atoms with Crippen molar-refractivity contribution in [2.45, 2.75) is 26.2 Å². The second-order valence-corrected chi connectivity index (χ2v) is 8.99. The fourth-order valence-electron chi connectivity index (χ4n) is 4.17. The number of anilines is 2. The standard InChI is InChI=1S/C23H30ClN5O2/c1-15-9-17(13-25-11-15)23(30)29-22-10-18(19(24)14-27-22)20-3-2-4-21(28-20)26-12-16-5-7-31-8-6-16/h2-4,10,14-17,25H,5-9,11-13H2,1H3,(H,26,28)(H,27,29,30)/t15-,17+/m0/s1. The number of carbonyl (C=O) groups excluding carboxylic acids is 1. The van der Waals surface area contributed by atoms with E-state index in [2.05, 4.69) is 27.9 Å². The van der Waals surface area contributed by atoms with Crippen LogP contribution in [0.3, 0.4) is 0 Å². The Morgan fingerprint density at radius 3 is 2.90 bits per heavy atom. The highest BCUT2D eigenvalue weighted by Crippen LogP contribution is 2.29. The molecule has 0 saturated carbocycles. The molecule has 2 atom stereocenters. The molecular weight excluding hydrogens is 414 g/mol. The lowest BCUT2D eigenvalue weighted by Crippen LogP contribution is -2.41. The molecule has 166 valence electrons. The van der Waals surface area contributed by atoms with Gasteiger partial charge in [-0.2, -0.15) is 0 Å². The highest BCUT2D eigenvalue weighted by atomic mass is 35.5. The van der Waals surface area contributed by atoms with Crippen LogP contribution in [-0.2, 0) is 9.53 Å². The number of aromatic nitrogens is 2. The Balaban J connectivity index is 1.44. The summed E-state index contributed by atoms with van der Waals surface area (Å²) in [5.74, 6) is 2.32. The molecular formula is C23H30ClN5O2. The van der Waals surface area contributed by atoms with Gasteiger partial charge < -0.3 is 20.7 Å². The third-order valence-corrected chi connectivity index (χ3v) is 6.29. The summed E-state index contributed by atoms with van der Waals surface area (Å²) >= 11 is 6.43. The fourth-order valence-corrected chi connectivity index (χ4v) is 4.37. The van der Waals surface area contributed by atoms with Crippen molar-refractivity contribution in [3.8, 4) is 11.3 Å². The maximum absolute atomic E-state index is 12.7. The molecule has 0 spiro atoms. The predicted octanol–water partition coefficient (Wildman–Crippen LogP) is 3.82. The average Bonchev–Trinajstić information content (AvgIpc) is 2.80. The van der Waals surface area contributed by atoms with E-state index in [0.717, 1.165) is 62.6 Å². The van der Waals surface area contributed by atoms with Crippen LogP contribution in [-0.4, -0.2) is 48.7 Å². The normalized spacial score (nSPS) is 22.1. The van der Waals surface area contributed by atoms with Crippen molar-refractivity contribution >= 4 is 29.1 Å². The SMILES string of the molecule is C[C@@H]1CNC[C@H](C(=O)Nc2cc(-c3cccc(NCC4CCOCC4)n3)c(Cl)cn2)C1. The van der Waals surface area contributed by atoms with E-state index in [-0.39, 0.29) is 11.8 Å². The largest absolute Gasteiger partial charge is 0.381 e. The molecule has 2 aliphatic rings. The Labute approximate surface area is 188 Å². The summed E-state index contributed by atoms with van der Waals surface area (Å²) in [5, 5.41) is 10.2. The van der Waals surface area contributed by atoms with Crippen molar-refractivity contribution in [3.05, 3.63) is 35.5 Å². The van der Waals surface area contributed by atoms with Gasteiger partial charge in [-0.15, -0.1) is 0 Å². The number of rotatable bonds is 6. The number of hydrogen-bond donors (Lipinski definition) is 3. The van der Waals surface area contributed by atoms with Gasteiger partial charge in [0.25, 0.3) is 0 Å². The van der Waals surface area contributed by atoms with Crippen molar-refractivity contribution in [1.82, 2.24) is 15.3 Å². The van der Waals surface area contributed by atoms with E-state index >= 15 is 0 Å². The van der Waals surface area contributed by atoms with Crippen LogP contribution >= 0.6 is 11.6 Å². The molecule has 0 bridgehead atoms. The van der Waals surface area contributed by atoms with Crippen LogP contribution in [0.25, 0.3) is 11.3 Å². The average molecular weight is 444 g/mol. The molecule has 4 heterocycles. The number of ether oxygens (including phenoxy) is 1. The van der Waals surface area contributed by atoms with Crippen molar-refractivity contribution in [1.29, 1.82) is 0 Å². The Hall–Kier alpha value is -2.22. The Bertz CT molecular complexity index is 903.